The first kappa shape index (κ1) is 10.2. The molecular formula is C11H10O3. The van der Waals surface area contributed by atoms with Gasteiger partial charge in [-0.05, 0) is 30.2 Å². The molecule has 3 heteroatoms. The number of carboxylic acid groups (broad SMARTS) is 1. The van der Waals surface area contributed by atoms with Crippen LogP contribution in [0.1, 0.15) is 15.9 Å². The molecule has 0 aliphatic carbocycles. The third kappa shape index (κ3) is 2.86. The molecule has 0 amide bonds. The Kier molecular flexibility index (Phi) is 3.61. The van der Waals surface area contributed by atoms with E-state index in [0.29, 0.717) is 12.7 Å². The summed E-state index contributed by atoms with van der Waals surface area (Å²) in [4.78, 5) is 20.5. The molecule has 3 nitrogen and oxygen atoms in total. The lowest BCUT2D eigenvalue weighted by molar-refractivity contribution is -0.104. The van der Waals surface area contributed by atoms with Crippen LogP contribution in [0.3, 0.4) is 0 Å². The van der Waals surface area contributed by atoms with E-state index < -0.39 is 5.97 Å². The summed E-state index contributed by atoms with van der Waals surface area (Å²) < 4.78 is 0. The maximum atomic E-state index is 10.5. The lowest BCUT2D eigenvalue weighted by atomic mass is 10.1. The van der Waals surface area contributed by atoms with Crippen LogP contribution >= 0.6 is 0 Å². The van der Waals surface area contributed by atoms with Crippen molar-refractivity contribution in [2.45, 2.75) is 6.42 Å². The van der Waals surface area contributed by atoms with Crippen molar-refractivity contribution in [3.8, 4) is 0 Å². The fourth-order valence-corrected chi connectivity index (χ4v) is 1.04. The summed E-state index contributed by atoms with van der Waals surface area (Å²) in [6.07, 6.45) is 4.50. The first-order valence-electron chi connectivity index (χ1n) is 4.16. The van der Waals surface area contributed by atoms with Gasteiger partial charge in [-0.15, -0.1) is 0 Å². The zero-order valence-electron chi connectivity index (χ0n) is 7.51. The smallest absolute Gasteiger partial charge is 0.335 e. The largest absolute Gasteiger partial charge is 0.478 e. The number of rotatable bonds is 4. The summed E-state index contributed by atoms with van der Waals surface area (Å²) in [6, 6.07) is 6.57. The summed E-state index contributed by atoms with van der Waals surface area (Å²) in [5, 5.41) is 8.63. The van der Waals surface area contributed by atoms with Crippen molar-refractivity contribution in [2.24, 2.45) is 0 Å². The molecule has 0 aromatic heterocycles. The Morgan fingerprint density at radius 1 is 1.29 bits per heavy atom. The molecule has 1 rings (SSSR count). The Bertz CT molecular complexity index is 349. The van der Waals surface area contributed by atoms with Gasteiger partial charge in [-0.1, -0.05) is 18.2 Å². The molecule has 0 unspecified atom stereocenters. The van der Waals surface area contributed by atoms with Crippen LogP contribution in [0.15, 0.2) is 36.4 Å². The highest BCUT2D eigenvalue weighted by Gasteiger charge is 2.00. The molecule has 0 fully saturated rings. The standard InChI is InChI=1S/C11H10O3/c12-8-2-1-3-9-4-6-10(7-5-9)11(13)14/h1-2,4-8H,3H2,(H,13,14). The topological polar surface area (TPSA) is 54.4 Å². The predicted molar refractivity (Wildman–Crippen MR) is 52.3 cm³/mol. The molecule has 0 spiro atoms. The van der Waals surface area contributed by atoms with Crippen molar-refractivity contribution in [3.63, 3.8) is 0 Å². The van der Waals surface area contributed by atoms with Crippen LogP contribution in [-0.4, -0.2) is 17.4 Å². The molecule has 0 saturated heterocycles. The van der Waals surface area contributed by atoms with E-state index in [9.17, 15) is 9.59 Å². The highest BCUT2D eigenvalue weighted by Crippen LogP contribution is 2.05. The number of carbonyl (C=O) groups excluding carboxylic acids is 1. The predicted octanol–water partition coefficient (Wildman–Crippen LogP) is 1.68. The molecule has 0 bridgehead atoms. The van der Waals surface area contributed by atoms with Gasteiger partial charge in [-0.3, -0.25) is 4.79 Å². The first-order chi connectivity index (χ1) is 6.74. The number of hydrogen-bond acceptors (Lipinski definition) is 2. The van der Waals surface area contributed by atoms with Crippen molar-refractivity contribution < 1.29 is 14.7 Å². The Morgan fingerprint density at radius 3 is 2.43 bits per heavy atom. The van der Waals surface area contributed by atoms with Gasteiger partial charge in [0.05, 0.1) is 5.56 Å². The monoisotopic (exact) mass is 190 g/mol. The van der Waals surface area contributed by atoms with E-state index in [1.54, 1.807) is 30.3 Å². The minimum absolute atomic E-state index is 0.271. The van der Waals surface area contributed by atoms with Crippen molar-refractivity contribution in [3.05, 3.63) is 47.5 Å². The Labute approximate surface area is 81.7 Å². The summed E-state index contributed by atoms with van der Waals surface area (Å²) in [5.74, 6) is -0.931. The minimum atomic E-state index is -0.931. The highest BCUT2D eigenvalue weighted by molar-refractivity contribution is 5.87. The van der Waals surface area contributed by atoms with Gasteiger partial charge in [-0.25, -0.2) is 4.79 Å². The van der Waals surface area contributed by atoms with E-state index in [0.717, 1.165) is 5.56 Å². The third-order valence-corrected chi connectivity index (χ3v) is 1.77. The van der Waals surface area contributed by atoms with Crippen molar-refractivity contribution >= 4 is 12.3 Å². The van der Waals surface area contributed by atoms with E-state index in [2.05, 4.69) is 0 Å². The van der Waals surface area contributed by atoms with Crippen LogP contribution in [0.4, 0.5) is 0 Å². The van der Waals surface area contributed by atoms with Gasteiger partial charge < -0.3 is 5.11 Å². The summed E-state index contributed by atoms with van der Waals surface area (Å²) in [7, 11) is 0. The van der Waals surface area contributed by atoms with E-state index in [1.807, 2.05) is 0 Å². The van der Waals surface area contributed by atoms with Crippen LogP contribution < -0.4 is 0 Å². The number of hydrogen-bond donors (Lipinski definition) is 1. The number of aromatic carboxylic acids is 1. The van der Waals surface area contributed by atoms with Gasteiger partial charge in [0.2, 0.25) is 0 Å². The van der Waals surface area contributed by atoms with Crippen LogP contribution in [0.25, 0.3) is 0 Å². The maximum Gasteiger partial charge on any atom is 0.335 e. The molecule has 14 heavy (non-hydrogen) atoms. The SMILES string of the molecule is O=CC=CCc1ccc(C(=O)O)cc1. The molecule has 0 heterocycles. The molecule has 1 aromatic carbocycles. The fraction of sp³-hybridized carbons (Fsp3) is 0.0909. The highest BCUT2D eigenvalue weighted by atomic mass is 16.4. The lowest BCUT2D eigenvalue weighted by Crippen LogP contribution is -1.95. The van der Waals surface area contributed by atoms with Gasteiger partial charge in [0, 0.05) is 0 Å². The average molecular weight is 190 g/mol. The molecule has 0 saturated carbocycles. The molecule has 0 aliphatic rings. The van der Waals surface area contributed by atoms with E-state index in [1.165, 1.54) is 6.08 Å². The Morgan fingerprint density at radius 2 is 1.93 bits per heavy atom. The number of benzene rings is 1. The molecule has 0 radical (unpaired) electrons. The number of allylic oxidation sites excluding steroid dienone is 2. The first-order valence-corrected chi connectivity index (χ1v) is 4.16. The Hall–Kier alpha value is -1.90. The minimum Gasteiger partial charge on any atom is -0.478 e. The van der Waals surface area contributed by atoms with Crippen LogP contribution in [0.5, 0.6) is 0 Å². The summed E-state index contributed by atoms with van der Waals surface area (Å²) in [5.41, 5.74) is 1.25. The summed E-state index contributed by atoms with van der Waals surface area (Å²) >= 11 is 0. The molecule has 72 valence electrons. The van der Waals surface area contributed by atoms with Crippen LogP contribution in [0.2, 0.25) is 0 Å². The number of carboxylic acids is 1. The van der Waals surface area contributed by atoms with Crippen molar-refractivity contribution in [2.75, 3.05) is 0 Å². The Balaban J connectivity index is 2.68. The van der Waals surface area contributed by atoms with Gasteiger partial charge in [0.25, 0.3) is 0 Å². The summed E-state index contributed by atoms with van der Waals surface area (Å²) in [6.45, 7) is 0. The second-order valence-corrected chi connectivity index (χ2v) is 2.77. The van der Waals surface area contributed by atoms with E-state index in [4.69, 9.17) is 5.11 Å². The van der Waals surface area contributed by atoms with E-state index >= 15 is 0 Å². The average Bonchev–Trinajstić information content (AvgIpc) is 2.19. The molecular weight excluding hydrogens is 180 g/mol. The zero-order valence-corrected chi connectivity index (χ0v) is 7.51. The number of aldehydes is 1. The molecule has 0 aliphatic heterocycles. The third-order valence-electron chi connectivity index (χ3n) is 1.77. The van der Waals surface area contributed by atoms with Crippen molar-refractivity contribution in [1.29, 1.82) is 0 Å². The second-order valence-electron chi connectivity index (χ2n) is 2.77. The van der Waals surface area contributed by atoms with Gasteiger partial charge in [0.1, 0.15) is 6.29 Å². The molecule has 1 aromatic rings. The second kappa shape index (κ2) is 4.97. The number of carbonyl (C=O) groups is 2. The maximum absolute atomic E-state index is 10.5. The quantitative estimate of drug-likeness (QED) is 0.580. The van der Waals surface area contributed by atoms with Crippen LogP contribution in [0, 0.1) is 0 Å². The van der Waals surface area contributed by atoms with E-state index in [-0.39, 0.29) is 5.56 Å². The molecule has 0 atom stereocenters. The van der Waals surface area contributed by atoms with Gasteiger partial charge in [0.15, 0.2) is 0 Å². The fourth-order valence-electron chi connectivity index (χ4n) is 1.04. The van der Waals surface area contributed by atoms with Crippen LogP contribution in [-0.2, 0) is 11.2 Å². The van der Waals surface area contributed by atoms with Crippen molar-refractivity contribution in [1.82, 2.24) is 0 Å². The zero-order chi connectivity index (χ0) is 10.4. The van der Waals surface area contributed by atoms with Gasteiger partial charge in [-0.2, -0.15) is 0 Å². The normalized spacial score (nSPS) is 10.3. The lowest BCUT2D eigenvalue weighted by Gasteiger charge is -1.97. The van der Waals surface area contributed by atoms with Gasteiger partial charge >= 0.3 is 5.97 Å². The molecule has 1 N–H and O–H groups in total.